The van der Waals surface area contributed by atoms with Gasteiger partial charge in [-0.1, -0.05) is 11.6 Å². The lowest BCUT2D eigenvalue weighted by Gasteiger charge is -2.12. The smallest absolute Gasteiger partial charge is 0.339 e. The number of carboxylic acid groups (broad SMARTS) is 1. The average Bonchev–Trinajstić information content (AvgIpc) is 2.40. The van der Waals surface area contributed by atoms with Crippen molar-refractivity contribution in [1.82, 2.24) is 4.98 Å². The number of nitrogens with zero attached hydrogens (tertiary/aromatic N) is 1. The number of anilines is 2. The minimum Gasteiger partial charge on any atom is -0.497 e. The summed E-state index contributed by atoms with van der Waals surface area (Å²) in [5, 5.41) is 12.4. The number of hydrogen-bond donors (Lipinski definition) is 2. The van der Waals surface area contributed by atoms with Crippen LogP contribution in [0, 0.1) is 6.92 Å². The van der Waals surface area contributed by atoms with Crippen LogP contribution in [0.3, 0.4) is 0 Å². The first kappa shape index (κ1) is 14.1. The molecule has 0 atom stereocenters. The third kappa shape index (κ3) is 3.00. The van der Waals surface area contributed by atoms with Gasteiger partial charge in [-0.05, 0) is 42.8 Å². The largest absolute Gasteiger partial charge is 0.497 e. The second-order valence-corrected chi connectivity index (χ2v) is 4.53. The lowest BCUT2D eigenvalue weighted by Crippen LogP contribution is -2.05. The Bertz CT molecular complexity index is 659. The lowest BCUT2D eigenvalue weighted by atomic mass is 10.1. The molecule has 5 nitrogen and oxygen atoms in total. The molecule has 0 aliphatic heterocycles. The van der Waals surface area contributed by atoms with Gasteiger partial charge in [0.2, 0.25) is 0 Å². The SMILES string of the molecule is COc1ccc(Nc2nc(Cl)ccc2C(=O)O)c(C)c1. The fraction of sp³-hybridized carbons (Fsp3) is 0.143. The van der Waals surface area contributed by atoms with E-state index < -0.39 is 5.97 Å². The van der Waals surface area contributed by atoms with Gasteiger partial charge in [0.25, 0.3) is 0 Å². The predicted octanol–water partition coefficient (Wildman–Crippen LogP) is 3.49. The number of hydrogen-bond acceptors (Lipinski definition) is 4. The van der Waals surface area contributed by atoms with E-state index in [1.165, 1.54) is 12.1 Å². The number of carbonyl (C=O) groups is 1. The third-order valence-electron chi connectivity index (χ3n) is 2.78. The summed E-state index contributed by atoms with van der Waals surface area (Å²) in [5.74, 6) is -0.133. The second-order valence-electron chi connectivity index (χ2n) is 4.14. The number of rotatable bonds is 4. The van der Waals surface area contributed by atoms with Crippen LogP contribution in [0.15, 0.2) is 30.3 Å². The van der Waals surface area contributed by atoms with Gasteiger partial charge in [0, 0.05) is 5.69 Å². The van der Waals surface area contributed by atoms with E-state index in [1.54, 1.807) is 19.2 Å². The minimum absolute atomic E-state index is 0.0598. The van der Waals surface area contributed by atoms with Gasteiger partial charge in [0.1, 0.15) is 22.3 Å². The number of ether oxygens (including phenoxy) is 1. The number of pyridine rings is 1. The summed E-state index contributed by atoms with van der Waals surface area (Å²) in [6.07, 6.45) is 0. The second kappa shape index (κ2) is 5.79. The molecule has 6 heteroatoms. The van der Waals surface area contributed by atoms with Crippen molar-refractivity contribution in [2.24, 2.45) is 0 Å². The van der Waals surface area contributed by atoms with E-state index in [0.717, 1.165) is 17.0 Å². The Balaban J connectivity index is 2.39. The van der Waals surface area contributed by atoms with Crippen LogP contribution in [0.1, 0.15) is 15.9 Å². The Morgan fingerprint density at radius 1 is 1.35 bits per heavy atom. The van der Waals surface area contributed by atoms with Gasteiger partial charge in [-0.25, -0.2) is 9.78 Å². The highest BCUT2D eigenvalue weighted by molar-refractivity contribution is 6.29. The van der Waals surface area contributed by atoms with E-state index in [9.17, 15) is 4.79 Å². The summed E-state index contributed by atoms with van der Waals surface area (Å²) >= 11 is 5.81. The van der Waals surface area contributed by atoms with Gasteiger partial charge in [-0.3, -0.25) is 0 Å². The van der Waals surface area contributed by atoms with Crippen molar-refractivity contribution in [3.63, 3.8) is 0 Å². The topological polar surface area (TPSA) is 71.5 Å². The molecule has 2 N–H and O–H groups in total. The maximum Gasteiger partial charge on any atom is 0.339 e. The van der Waals surface area contributed by atoms with Crippen molar-refractivity contribution in [2.75, 3.05) is 12.4 Å². The number of aromatic nitrogens is 1. The summed E-state index contributed by atoms with van der Waals surface area (Å²) in [7, 11) is 1.59. The van der Waals surface area contributed by atoms with Gasteiger partial charge in [-0.2, -0.15) is 0 Å². The normalized spacial score (nSPS) is 10.2. The van der Waals surface area contributed by atoms with E-state index in [1.807, 2.05) is 13.0 Å². The number of halogens is 1. The van der Waals surface area contributed by atoms with Gasteiger partial charge in [0.05, 0.1) is 7.11 Å². The molecule has 0 radical (unpaired) electrons. The molecule has 20 heavy (non-hydrogen) atoms. The number of methoxy groups -OCH3 is 1. The monoisotopic (exact) mass is 292 g/mol. The molecule has 1 aromatic carbocycles. The van der Waals surface area contributed by atoms with Crippen LogP contribution in [0.4, 0.5) is 11.5 Å². The fourth-order valence-electron chi connectivity index (χ4n) is 1.73. The van der Waals surface area contributed by atoms with E-state index in [4.69, 9.17) is 21.4 Å². The van der Waals surface area contributed by atoms with E-state index in [2.05, 4.69) is 10.3 Å². The van der Waals surface area contributed by atoms with E-state index in [-0.39, 0.29) is 16.5 Å². The number of aryl methyl sites for hydroxylation is 1. The molecular weight excluding hydrogens is 280 g/mol. The minimum atomic E-state index is -1.07. The van der Waals surface area contributed by atoms with Crippen molar-refractivity contribution in [2.45, 2.75) is 6.92 Å². The molecule has 2 rings (SSSR count). The molecule has 0 bridgehead atoms. The van der Waals surface area contributed by atoms with Crippen LogP contribution in [0.2, 0.25) is 5.15 Å². The number of benzene rings is 1. The highest BCUT2D eigenvalue weighted by Gasteiger charge is 2.13. The molecule has 0 aliphatic rings. The zero-order valence-corrected chi connectivity index (χ0v) is 11.7. The van der Waals surface area contributed by atoms with Crippen molar-refractivity contribution >= 4 is 29.1 Å². The highest BCUT2D eigenvalue weighted by Crippen LogP contribution is 2.26. The standard InChI is InChI=1S/C14H13ClN2O3/c1-8-7-9(20-2)3-5-11(8)16-13-10(14(18)19)4-6-12(15)17-13/h3-7H,1-2H3,(H,16,17)(H,18,19). The lowest BCUT2D eigenvalue weighted by molar-refractivity contribution is 0.0697. The van der Waals surface area contributed by atoms with Crippen LogP contribution in [-0.4, -0.2) is 23.2 Å². The molecule has 0 spiro atoms. The average molecular weight is 293 g/mol. The summed E-state index contributed by atoms with van der Waals surface area (Å²) in [4.78, 5) is 15.2. The molecule has 2 aromatic rings. The zero-order chi connectivity index (χ0) is 14.7. The van der Waals surface area contributed by atoms with Crippen LogP contribution < -0.4 is 10.1 Å². The summed E-state index contributed by atoms with van der Waals surface area (Å²) in [6, 6.07) is 8.27. The van der Waals surface area contributed by atoms with Gasteiger partial charge in [0.15, 0.2) is 0 Å². The Morgan fingerprint density at radius 2 is 2.10 bits per heavy atom. The van der Waals surface area contributed by atoms with Crippen LogP contribution >= 0.6 is 11.6 Å². The quantitative estimate of drug-likeness (QED) is 0.844. The van der Waals surface area contributed by atoms with Crippen molar-refractivity contribution in [1.29, 1.82) is 0 Å². The molecule has 0 fully saturated rings. The van der Waals surface area contributed by atoms with Crippen molar-refractivity contribution in [3.8, 4) is 5.75 Å². The van der Waals surface area contributed by atoms with Gasteiger partial charge >= 0.3 is 5.97 Å². The van der Waals surface area contributed by atoms with E-state index in [0.29, 0.717) is 0 Å². The maximum atomic E-state index is 11.2. The van der Waals surface area contributed by atoms with Gasteiger partial charge < -0.3 is 15.2 Å². The van der Waals surface area contributed by atoms with Crippen molar-refractivity contribution in [3.05, 3.63) is 46.6 Å². The molecule has 0 amide bonds. The Hall–Kier alpha value is -2.27. The van der Waals surface area contributed by atoms with Crippen molar-refractivity contribution < 1.29 is 14.6 Å². The predicted molar refractivity (Wildman–Crippen MR) is 77.2 cm³/mol. The summed E-state index contributed by atoms with van der Waals surface area (Å²) in [5.41, 5.74) is 1.70. The number of aromatic carboxylic acids is 1. The van der Waals surface area contributed by atoms with Crippen LogP contribution in [0.5, 0.6) is 5.75 Å². The maximum absolute atomic E-state index is 11.2. The summed E-state index contributed by atoms with van der Waals surface area (Å²) in [6.45, 7) is 1.88. The molecule has 1 heterocycles. The molecule has 0 saturated carbocycles. The molecule has 104 valence electrons. The zero-order valence-electron chi connectivity index (χ0n) is 11.0. The summed E-state index contributed by atoms with van der Waals surface area (Å²) < 4.78 is 5.12. The first-order valence-corrected chi connectivity index (χ1v) is 6.20. The fourth-order valence-corrected chi connectivity index (χ4v) is 1.88. The van der Waals surface area contributed by atoms with Crippen LogP contribution in [0.25, 0.3) is 0 Å². The Kier molecular flexibility index (Phi) is 4.10. The molecular formula is C14H13ClN2O3. The Labute approximate surface area is 121 Å². The Morgan fingerprint density at radius 3 is 2.70 bits per heavy atom. The highest BCUT2D eigenvalue weighted by atomic mass is 35.5. The molecule has 1 aromatic heterocycles. The first-order valence-electron chi connectivity index (χ1n) is 5.83. The third-order valence-corrected chi connectivity index (χ3v) is 2.99. The molecule has 0 saturated heterocycles. The van der Waals surface area contributed by atoms with E-state index >= 15 is 0 Å². The van der Waals surface area contributed by atoms with Gasteiger partial charge in [-0.15, -0.1) is 0 Å². The first-order chi connectivity index (χ1) is 9.51. The molecule has 0 unspecified atom stereocenters. The number of nitrogens with one attached hydrogen (secondary N) is 1. The van der Waals surface area contributed by atoms with Crippen LogP contribution in [-0.2, 0) is 0 Å². The molecule has 0 aliphatic carbocycles. The number of carboxylic acids is 1.